The van der Waals surface area contributed by atoms with Crippen LogP contribution in [-0.4, -0.2) is 72.9 Å². The summed E-state index contributed by atoms with van der Waals surface area (Å²) in [6, 6.07) is 12.6. The second-order valence-corrected chi connectivity index (χ2v) is 11.3. The molecule has 0 radical (unpaired) electrons. The number of alkyl carbamates (subject to hydrolysis) is 1. The number of amides is 4. The highest BCUT2D eigenvalue weighted by Gasteiger charge is 2.29. The fraction of sp³-hybridized carbons (Fsp3) is 0.333. The van der Waals surface area contributed by atoms with E-state index in [9.17, 15) is 28.8 Å². The van der Waals surface area contributed by atoms with Gasteiger partial charge in [-0.3, -0.25) is 25.2 Å². The van der Waals surface area contributed by atoms with Gasteiger partial charge in [0.15, 0.2) is 11.9 Å². The van der Waals surface area contributed by atoms with Gasteiger partial charge in [-0.1, -0.05) is 36.4 Å². The van der Waals surface area contributed by atoms with Crippen molar-refractivity contribution in [2.24, 2.45) is 11.5 Å². The zero-order chi connectivity index (χ0) is 37.3. The van der Waals surface area contributed by atoms with Gasteiger partial charge in [0.2, 0.25) is 17.7 Å². The molecule has 0 fully saturated rings. The van der Waals surface area contributed by atoms with E-state index >= 15 is 0 Å². The maximum atomic E-state index is 13.6. The number of nitrogens with two attached hydrogens (primary N) is 2. The molecule has 0 aliphatic carbocycles. The van der Waals surface area contributed by atoms with Crippen molar-refractivity contribution in [3.8, 4) is 0 Å². The fourth-order valence-electron chi connectivity index (χ4n) is 4.69. The molecule has 3 atom stereocenters. The van der Waals surface area contributed by atoms with Crippen molar-refractivity contribution in [2.75, 3.05) is 13.1 Å². The Hall–Kier alpha value is -6.46. The maximum Gasteiger partial charge on any atom is 0.415 e. The van der Waals surface area contributed by atoms with Crippen LogP contribution in [0.15, 0.2) is 69.9 Å². The van der Waals surface area contributed by atoms with Crippen LogP contribution in [0.5, 0.6) is 0 Å². The Labute approximate surface area is 292 Å². The van der Waals surface area contributed by atoms with Crippen molar-refractivity contribution >= 4 is 52.7 Å². The van der Waals surface area contributed by atoms with Gasteiger partial charge >= 0.3 is 17.7 Å². The number of rotatable bonds is 17. The highest BCUT2D eigenvalue weighted by molar-refractivity contribution is 5.98. The average molecular weight is 707 g/mol. The molecule has 0 saturated heterocycles. The quantitative estimate of drug-likeness (QED) is 0.0219. The molecule has 0 saturated carbocycles. The van der Waals surface area contributed by atoms with Gasteiger partial charge in [-0.2, -0.15) is 0 Å². The molecule has 4 amide bonds. The molecule has 18 nitrogen and oxygen atoms in total. The van der Waals surface area contributed by atoms with Crippen LogP contribution in [0.2, 0.25) is 0 Å². The predicted octanol–water partition coefficient (Wildman–Crippen LogP) is -0.140. The van der Waals surface area contributed by atoms with Crippen molar-refractivity contribution in [1.29, 1.82) is 10.8 Å². The summed E-state index contributed by atoms with van der Waals surface area (Å²) in [5, 5.41) is 30.7. The van der Waals surface area contributed by atoms with E-state index in [-0.39, 0.29) is 61.9 Å². The number of para-hydroxylation sites is 1. The molecule has 0 bridgehead atoms. The van der Waals surface area contributed by atoms with Crippen molar-refractivity contribution in [2.45, 2.75) is 57.3 Å². The van der Waals surface area contributed by atoms with Gasteiger partial charge in [0.25, 0.3) is 0 Å². The lowest BCUT2D eigenvalue weighted by Crippen LogP contribution is -2.56. The summed E-state index contributed by atoms with van der Waals surface area (Å²) in [7, 11) is 0. The number of ether oxygens (including phenoxy) is 1. The third-order valence-electron chi connectivity index (χ3n) is 7.33. The molecular weight excluding hydrogens is 664 g/mol. The Balaban J connectivity index is 1.70. The van der Waals surface area contributed by atoms with Gasteiger partial charge in [-0.05, 0) is 56.9 Å². The van der Waals surface area contributed by atoms with E-state index in [0.29, 0.717) is 17.4 Å². The summed E-state index contributed by atoms with van der Waals surface area (Å²) >= 11 is 0. The lowest BCUT2D eigenvalue weighted by Gasteiger charge is -2.24. The van der Waals surface area contributed by atoms with E-state index < -0.39 is 53.5 Å². The fourth-order valence-corrected chi connectivity index (χ4v) is 4.69. The smallest absolute Gasteiger partial charge is 0.415 e. The van der Waals surface area contributed by atoms with Gasteiger partial charge in [0.05, 0.1) is 17.7 Å². The minimum Gasteiger partial charge on any atom is -0.422 e. The molecule has 51 heavy (non-hydrogen) atoms. The summed E-state index contributed by atoms with van der Waals surface area (Å²) in [5.74, 6) is -3.68. The first-order chi connectivity index (χ1) is 24.3. The van der Waals surface area contributed by atoms with Crippen molar-refractivity contribution in [3.63, 3.8) is 0 Å². The number of hydrogen-bond donors (Lipinski definition) is 10. The lowest BCUT2D eigenvalue weighted by molar-refractivity contribution is -0.132. The van der Waals surface area contributed by atoms with E-state index in [2.05, 4.69) is 31.9 Å². The van der Waals surface area contributed by atoms with Crippen LogP contribution in [0.1, 0.15) is 48.5 Å². The maximum absolute atomic E-state index is 13.6. The normalized spacial score (nSPS) is 12.3. The number of esters is 1. The Morgan fingerprint density at radius 1 is 0.765 bits per heavy atom. The first-order valence-electron chi connectivity index (χ1n) is 16.0. The molecule has 0 spiro atoms. The van der Waals surface area contributed by atoms with Crippen LogP contribution in [0.3, 0.4) is 0 Å². The first kappa shape index (κ1) is 39.0. The Bertz CT molecular complexity index is 1780. The standard InChI is InChI=1S/C33H42N10O8/c1-19(41-33(49)51-29(47)20-9-3-2-4-10-20)26(44)42-24(13-8-16-39-32(36)37)28(46)43-23(12-7-15-38-31(34)35)27(45)40-18-22-17-21-11-5-6-14-25(21)50-30(22)48/h2-6,9-11,14,17,19,23-24H,7-8,12-13,15-16,18H2,1H3,(H,40,45)(H,41,49)(H,42,44)(H,43,46)(H4,34,35,38)(H4,36,37,39)/t19-,23-,24-/m0/s1. The third-order valence-corrected chi connectivity index (χ3v) is 7.33. The third kappa shape index (κ3) is 13.2. The minimum absolute atomic E-state index is 0.0277. The summed E-state index contributed by atoms with van der Waals surface area (Å²) in [5.41, 5.74) is 10.7. The zero-order valence-corrected chi connectivity index (χ0v) is 27.9. The summed E-state index contributed by atoms with van der Waals surface area (Å²) in [6.45, 7) is 1.52. The van der Waals surface area contributed by atoms with Crippen LogP contribution in [0.25, 0.3) is 11.0 Å². The molecule has 18 heteroatoms. The largest absolute Gasteiger partial charge is 0.422 e. The second kappa shape index (κ2) is 19.5. The zero-order valence-electron chi connectivity index (χ0n) is 27.9. The van der Waals surface area contributed by atoms with E-state index in [1.807, 2.05) is 0 Å². The Kier molecular flexibility index (Phi) is 14.9. The van der Waals surface area contributed by atoms with Crippen LogP contribution in [0, 0.1) is 10.8 Å². The van der Waals surface area contributed by atoms with Gasteiger partial charge in [-0.15, -0.1) is 0 Å². The van der Waals surface area contributed by atoms with Crippen molar-refractivity contribution < 1.29 is 33.1 Å². The van der Waals surface area contributed by atoms with Gasteiger partial charge in [0, 0.05) is 18.5 Å². The lowest BCUT2D eigenvalue weighted by atomic mass is 10.1. The number of benzene rings is 2. The molecule has 272 valence electrons. The van der Waals surface area contributed by atoms with Crippen molar-refractivity contribution in [1.82, 2.24) is 31.9 Å². The minimum atomic E-state index is -1.25. The number of carbonyl (C=O) groups excluding carboxylic acids is 5. The number of fused-ring (bicyclic) bond motifs is 1. The number of nitrogens with one attached hydrogen (secondary N) is 8. The Morgan fingerprint density at radius 3 is 1.96 bits per heavy atom. The average Bonchev–Trinajstić information content (AvgIpc) is 3.09. The van der Waals surface area contributed by atoms with Crippen molar-refractivity contribution in [3.05, 3.63) is 82.2 Å². The molecule has 0 aliphatic heterocycles. The topological polar surface area (TPSA) is 297 Å². The molecule has 0 unspecified atom stereocenters. The highest BCUT2D eigenvalue weighted by Crippen LogP contribution is 2.13. The Morgan fingerprint density at radius 2 is 1.33 bits per heavy atom. The SMILES string of the molecule is C[C@H](NC(=O)OC(=O)c1ccccc1)C(=O)N[C@@H](CCCNC(=N)N)C(=O)N[C@@H](CCCNC(=N)N)C(=O)NCc1cc2ccccc2oc1=O. The molecule has 0 aliphatic rings. The van der Waals surface area contributed by atoms with E-state index in [1.54, 1.807) is 48.5 Å². The number of guanidine groups is 2. The van der Waals surface area contributed by atoms with Crippen LogP contribution < -0.4 is 49.0 Å². The summed E-state index contributed by atoms with van der Waals surface area (Å²) < 4.78 is 10.1. The highest BCUT2D eigenvalue weighted by atomic mass is 16.6. The molecule has 2 aromatic carbocycles. The second-order valence-electron chi connectivity index (χ2n) is 11.3. The molecule has 1 aromatic heterocycles. The number of hydrogen-bond acceptors (Lipinski definition) is 10. The molecule has 12 N–H and O–H groups in total. The van der Waals surface area contributed by atoms with Gasteiger partial charge < -0.3 is 52.5 Å². The van der Waals surface area contributed by atoms with Crippen LogP contribution in [0.4, 0.5) is 4.79 Å². The molecule has 3 rings (SSSR count). The van der Waals surface area contributed by atoms with Gasteiger partial charge in [0.1, 0.15) is 23.7 Å². The molecule has 3 aromatic rings. The van der Waals surface area contributed by atoms with E-state index in [4.69, 9.17) is 31.4 Å². The predicted molar refractivity (Wildman–Crippen MR) is 186 cm³/mol. The van der Waals surface area contributed by atoms with Crippen LogP contribution in [-0.2, 0) is 25.7 Å². The van der Waals surface area contributed by atoms with E-state index in [1.165, 1.54) is 19.1 Å². The number of carbonyl (C=O) groups is 5. The van der Waals surface area contributed by atoms with Crippen LogP contribution >= 0.6 is 0 Å². The monoisotopic (exact) mass is 706 g/mol. The molecular formula is C33H42N10O8. The van der Waals surface area contributed by atoms with Gasteiger partial charge in [-0.25, -0.2) is 14.4 Å². The first-order valence-corrected chi connectivity index (χ1v) is 16.0. The summed E-state index contributed by atoms with van der Waals surface area (Å²) in [6.07, 6.45) is -0.532. The molecule has 1 heterocycles. The van der Waals surface area contributed by atoms with E-state index in [0.717, 1.165) is 0 Å². The summed E-state index contributed by atoms with van der Waals surface area (Å²) in [4.78, 5) is 77.1.